The molecule has 0 spiro atoms. The quantitative estimate of drug-likeness (QED) is 0.758. The lowest BCUT2D eigenvalue weighted by molar-refractivity contribution is -0.887. The highest BCUT2D eigenvalue weighted by molar-refractivity contribution is 5.17. The van der Waals surface area contributed by atoms with Crippen LogP contribution in [0.4, 0.5) is 0 Å². The van der Waals surface area contributed by atoms with E-state index in [0.29, 0.717) is 0 Å². The van der Waals surface area contributed by atoms with Crippen molar-refractivity contribution >= 4 is 0 Å². The molecular weight excluding hydrogens is 222 g/mol. The molecule has 2 N–H and O–H groups in total. The van der Waals surface area contributed by atoms with Crippen molar-refractivity contribution in [3.05, 3.63) is 48.0 Å². The summed E-state index contributed by atoms with van der Waals surface area (Å²) in [6, 6.07) is 9.96. The van der Waals surface area contributed by atoms with Crippen LogP contribution in [-0.2, 0) is 0 Å². The summed E-state index contributed by atoms with van der Waals surface area (Å²) in [7, 11) is 2.18. The Morgan fingerprint density at radius 3 is 2.72 bits per heavy atom. The van der Waals surface area contributed by atoms with Gasteiger partial charge in [-0.2, -0.15) is 0 Å². The van der Waals surface area contributed by atoms with Gasteiger partial charge in [-0.15, -0.1) is 0 Å². The van der Waals surface area contributed by atoms with E-state index in [2.05, 4.69) is 19.2 Å². The fourth-order valence-electron chi connectivity index (χ4n) is 2.74. The van der Waals surface area contributed by atoms with Crippen LogP contribution in [0.1, 0.15) is 30.9 Å². The molecule has 0 saturated carbocycles. The van der Waals surface area contributed by atoms with Crippen LogP contribution in [0.5, 0.6) is 0 Å². The second kappa shape index (κ2) is 6.72. The van der Waals surface area contributed by atoms with Crippen LogP contribution in [-0.4, -0.2) is 25.2 Å². The van der Waals surface area contributed by atoms with Gasteiger partial charge in [0.05, 0.1) is 13.6 Å². The second-order valence-electron chi connectivity index (χ2n) is 5.44. The molecule has 1 aromatic rings. The van der Waals surface area contributed by atoms with Crippen molar-refractivity contribution in [2.45, 2.75) is 25.4 Å². The summed E-state index contributed by atoms with van der Waals surface area (Å²) < 4.78 is 0. The molecule has 1 aromatic carbocycles. The van der Waals surface area contributed by atoms with Gasteiger partial charge in [-0.05, 0) is 24.8 Å². The molecule has 98 valence electrons. The maximum absolute atomic E-state index is 10.2. The van der Waals surface area contributed by atoms with Crippen LogP contribution in [0.3, 0.4) is 0 Å². The highest BCUT2D eigenvalue weighted by Gasteiger charge is 2.18. The van der Waals surface area contributed by atoms with Gasteiger partial charge in [-0.3, -0.25) is 0 Å². The highest BCUT2D eigenvalue weighted by Crippen LogP contribution is 2.16. The molecule has 0 amide bonds. The summed E-state index contributed by atoms with van der Waals surface area (Å²) in [5.41, 5.74) is 1.03. The molecule has 0 fully saturated rings. The minimum absolute atomic E-state index is 0.342. The predicted molar refractivity (Wildman–Crippen MR) is 74.5 cm³/mol. The predicted octanol–water partition coefficient (Wildman–Crippen LogP) is 1.59. The molecule has 0 bridgehead atoms. The summed E-state index contributed by atoms with van der Waals surface area (Å²) in [6.07, 6.45) is 7.97. The Labute approximate surface area is 110 Å². The minimum Gasteiger partial charge on any atom is -0.382 e. The molecule has 0 heterocycles. The Kier molecular flexibility index (Phi) is 4.97. The summed E-state index contributed by atoms with van der Waals surface area (Å²) in [6.45, 7) is 1.96. The molecule has 1 aliphatic rings. The number of aliphatic hydroxyl groups is 1. The van der Waals surface area contributed by atoms with Crippen LogP contribution in [0, 0.1) is 5.92 Å². The lowest BCUT2D eigenvalue weighted by atomic mass is 9.94. The van der Waals surface area contributed by atoms with E-state index < -0.39 is 0 Å². The monoisotopic (exact) mass is 246 g/mol. The van der Waals surface area contributed by atoms with Crippen molar-refractivity contribution in [1.29, 1.82) is 0 Å². The Morgan fingerprint density at radius 2 is 2.06 bits per heavy atom. The molecule has 3 atom stereocenters. The van der Waals surface area contributed by atoms with Crippen molar-refractivity contribution in [3.8, 4) is 0 Å². The average Bonchev–Trinajstić information content (AvgIpc) is 2.40. The van der Waals surface area contributed by atoms with Crippen LogP contribution in [0.15, 0.2) is 42.5 Å². The van der Waals surface area contributed by atoms with Gasteiger partial charge in [-0.25, -0.2) is 0 Å². The van der Waals surface area contributed by atoms with Gasteiger partial charge < -0.3 is 10.0 Å². The third kappa shape index (κ3) is 3.97. The van der Waals surface area contributed by atoms with E-state index in [-0.39, 0.29) is 6.10 Å². The van der Waals surface area contributed by atoms with Gasteiger partial charge in [0.1, 0.15) is 12.6 Å². The minimum atomic E-state index is -0.342. The number of benzene rings is 1. The first kappa shape index (κ1) is 13.3. The first-order chi connectivity index (χ1) is 8.75. The van der Waals surface area contributed by atoms with Gasteiger partial charge in [0, 0.05) is 5.92 Å². The number of hydrogen-bond donors (Lipinski definition) is 2. The van der Waals surface area contributed by atoms with E-state index in [4.69, 9.17) is 0 Å². The van der Waals surface area contributed by atoms with Crippen molar-refractivity contribution in [3.63, 3.8) is 0 Å². The molecule has 0 radical (unpaired) electrons. The maximum Gasteiger partial charge on any atom is 0.128 e. The normalized spacial score (nSPS) is 22.7. The zero-order valence-electron chi connectivity index (χ0n) is 11.2. The van der Waals surface area contributed by atoms with E-state index >= 15 is 0 Å². The molecule has 2 nitrogen and oxygen atoms in total. The standard InChI is InChI=1S/C16H23NO/c1-17(12-14-8-4-2-5-9-14)13-16(18)15-10-6-3-7-11-15/h2-4,6-7,10-11,14,16,18H,5,8-9,12-13H2,1H3/p+1/t14-,16+/m1/s1. The van der Waals surface area contributed by atoms with Gasteiger partial charge in [0.15, 0.2) is 0 Å². The Morgan fingerprint density at radius 1 is 1.28 bits per heavy atom. The Bertz CT molecular complexity index is 374. The second-order valence-corrected chi connectivity index (χ2v) is 5.44. The topological polar surface area (TPSA) is 24.7 Å². The van der Waals surface area contributed by atoms with Gasteiger partial charge in [0.2, 0.25) is 0 Å². The third-order valence-electron chi connectivity index (χ3n) is 3.74. The van der Waals surface area contributed by atoms with Gasteiger partial charge >= 0.3 is 0 Å². The first-order valence-corrected chi connectivity index (χ1v) is 6.95. The Balaban J connectivity index is 1.80. The van der Waals surface area contributed by atoms with E-state index in [1.165, 1.54) is 24.2 Å². The molecule has 1 aliphatic carbocycles. The van der Waals surface area contributed by atoms with Crippen molar-refractivity contribution in [2.75, 3.05) is 20.1 Å². The molecule has 0 aliphatic heterocycles. The summed E-state index contributed by atoms with van der Waals surface area (Å²) in [4.78, 5) is 1.42. The highest BCUT2D eigenvalue weighted by atomic mass is 16.3. The number of likely N-dealkylation sites (N-methyl/N-ethyl adjacent to an activating group) is 1. The molecule has 0 saturated heterocycles. The van der Waals surface area contributed by atoms with E-state index in [0.717, 1.165) is 24.6 Å². The van der Waals surface area contributed by atoms with Crippen molar-refractivity contribution in [1.82, 2.24) is 0 Å². The number of rotatable bonds is 5. The van der Waals surface area contributed by atoms with Crippen LogP contribution in [0.2, 0.25) is 0 Å². The third-order valence-corrected chi connectivity index (χ3v) is 3.74. The molecular formula is C16H24NO+. The maximum atomic E-state index is 10.2. The summed E-state index contributed by atoms with van der Waals surface area (Å²) in [5.74, 6) is 0.790. The molecule has 0 aromatic heterocycles. The first-order valence-electron chi connectivity index (χ1n) is 6.95. The zero-order valence-corrected chi connectivity index (χ0v) is 11.2. The van der Waals surface area contributed by atoms with E-state index in [9.17, 15) is 5.11 Å². The summed E-state index contributed by atoms with van der Waals surface area (Å²) >= 11 is 0. The van der Waals surface area contributed by atoms with Crippen molar-refractivity contribution < 1.29 is 10.0 Å². The number of allylic oxidation sites excluding steroid dienone is 2. The summed E-state index contributed by atoms with van der Waals surface area (Å²) in [5, 5.41) is 10.2. The lowest BCUT2D eigenvalue weighted by Crippen LogP contribution is -3.10. The lowest BCUT2D eigenvalue weighted by Gasteiger charge is -2.24. The molecule has 1 unspecified atom stereocenters. The van der Waals surface area contributed by atoms with E-state index in [1.807, 2.05) is 30.3 Å². The smallest absolute Gasteiger partial charge is 0.128 e. The van der Waals surface area contributed by atoms with Crippen LogP contribution < -0.4 is 4.90 Å². The largest absolute Gasteiger partial charge is 0.382 e. The van der Waals surface area contributed by atoms with Crippen LogP contribution in [0.25, 0.3) is 0 Å². The number of nitrogens with one attached hydrogen (secondary N) is 1. The number of quaternary nitrogens is 1. The Hall–Kier alpha value is -1.12. The van der Waals surface area contributed by atoms with Gasteiger partial charge in [0.25, 0.3) is 0 Å². The fraction of sp³-hybridized carbons (Fsp3) is 0.500. The van der Waals surface area contributed by atoms with Gasteiger partial charge in [-0.1, -0.05) is 42.5 Å². The average molecular weight is 246 g/mol. The van der Waals surface area contributed by atoms with Crippen LogP contribution >= 0.6 is 0 Å². The number of aliphatic hydroxyl groups excluding tert-OH is 1. The molecule has 2 rings (SSSR count). The van der Waals surface area contributed by atoms with E-state index in [1.54, 1.807) is 0 Å². The fourth-order valence-corrected chi connectivity index (χ4v) is 2.74. The molecule has 18 heavy (non-hydrogen) atoms. The molecule has 2 heteroatoms. The van der Waals surface area contributed by atoms with Crippen molar-refractivity contribution in [2.24, 2.45) is 5.92 Å². The number of hydrogen-bond acceptors (Lipinski definition) is 1. The SMILES string of the molecule is C[NH+](C[C@@H]1CC=CCC1)C[C@H](O)c1ccccc1. The zero-order chi connectivity index (χ0) is 12.8.